The molecule has 1 unspecified atom stereocenters. The highest BCUT2D eigenvalue weighted by atomic mass is 16.1. The van der Waals surface area contributed by atoms with E-state index in [2.05, 4.69) is 36.3 Å². The van der Waals surface area contributed by atoms with Crippen molar-refractivity contribution in [3.63, 3.8) is 0 Å². The molecule has 1 aliphatic rings. The lowest BCUT2D eigenvalue weighted by Crippen LogP contribution is -2.49. The second-order valence-electron chi connectivity index (χ2n) is 5.65. The Kier molecular flexibility index (Phi) is 6.65. The van der Waals surface area contributed by atoms with Crippen LogP contribution in [0.1, 0.15) is 40.0 Å². The SMILES string of the molecule is CCC(NC1CCN(CC(=O)NC)CC1)C(C)C. The molecule has 0 aromatic carbocycles. The number of likely N-dealkylation sites (N-methyl/N-ethyl adjacent to an activating group) is 1. The van der Waals surface area contributed by atoms with Crippen LogP contribution in [0.4, 0.5) is 0 Å². The van der Waals surface area contributed by atoms with Crippen LogP contribution in [0, 0.1) is 5.92 Å². The van der Waals surface area contributed by atoms with E-state index in [-0.39, 0.29) is 5.91 Å². The summed E-state index contributed by atoms with van der Waals surface area (Å²) < 4.78 is 0. The van der Waals surface area contributed by atoms with Crippen LogP contribution >= 0.6 is 0 Å². The first-order chi connectivity index (χ1) is 8.56. The number of nitrogens with zero attached hydrogens (tertiary/aromatic N) is 1. The summed E-state index contributed by atoms with van der Waals surface area (Å²) in [5, 5.41) is 6.45. The van der Waals surface area contributed by atoms with E-state index in [0.717, 1.165) is 25.9 Å². The molecule has 1 atom stereocenters. The average molecular weight is 255 g/mol. The van der Waals surface area contributed by atoms with Gasteiger partial charge in [-0.1, -0.05) is 20.8 Å². The summed E-state index contributed by atoms with van der Waals surface area (Å²) in [4.78, 5) is 13.5. The first-order valence-corrected chi connectivity index (χ1v) is 7.25. The van der Waals surface area contributed by atoms with Gasteiger partial charge in [0.25, 0.3) is 0 Å². The topological polar surface area (TPSA) is 44.4 Å². The van der Waals surface area contributed by atoms with Crippen LogP contribution in [0.5, 0.6) is 0 Å². The van der Waals surface area contributed by atoms with Gasteiger partial charge in [0.2, 0.25) is 5.91 Å². The first-order valence-electron chi connectivity index (χ1n) is 7.25. The highest BCUT2D eigenvalue weighted by Crippen LogP contribution is 2.14. The van der Waals surface area contributed by atoms with E-state index in [1.807, 2.05) is 0 Å². The fourth-order valence-corrected chi connectivity index (χ4v) is 2.62. The zero-order valence-corrected chi connectivity index (χ0v) is 12.3. The van der Waals surface area contributed by atoms with Crippen LogP contribution in [-0.4, -0.2) is 49.6 Å². The van der Waals surface area contributed by atoms with Crippen molar-refractivity contribution < 1.29 is 4.79 Å². The molecular formula is C14H29N3O. The molecule has 4 heteroatoms. The summed E-state index contributed by atoms with van der Waals surface area (Å²) in [5.74, 6) is 0.814. The number of hydrogen-bond acceptors (Lipinski definition) is 3. The Morgan fingerprint density at radius 2 is 1.94 bits per heavy atom. The lowest BCUT2D eigenvalue weighted by atomic mass is 9.97. The molecule has 2 N–H and O–H groups in total. The van der Waals surface area contributed by atoms with Gasteiger partial charge in [-0.25, -0.2) is 0 Å². The number of amides is 1. The van der Waals surface area contributed by atoms with Gasteiger partial charge in [-0.15, -0.1) is 0 Å². The maximum atomic E-state index is 11.3. The van der Waals surface area contributed by atoms with Crippen molar-refractivity contribution >= 4 is 5.91 Å². The largest absolute Gasteiger partial charge is 0.358 e. The van der Waals surface area contributed by atoms with Gasteiger partial charge in [0.1, 0.15) is 0 Å². The van der Waals surface area contributed by atoms with Crippen molar-refractivity contribution in [3.8, 4) is 0 Å². The van der Waals surface area contributed by atoms with Crippen molar-refractivity contribution in [3.05, 3.63) is 0 Å². The standard InChI is InChI=1S/C14H29N3O/c1-5-13(11(2)3)16-12-6-8-17(9-7-12)10-14(18)15-4/h11-13,16H,5-10H2,1-4H3,(H,15,18). The van der Waals surface area contributed by atoms with E-state index >= 15 is 0 Å². The van der Waals surface area contributed by atoms with Crippen molar-refractivity contribution in [1.82, 2.24) is 15.5 Å². The smallest absolute Gasteiger partial charge is 0.233 e. The van der Waals surface area contributed by atoms with Crippen molar-refractivity contribution in [2.24, 2.45) is 5.92 Å². The zero-order chi connectivity index (χ0) is 13.5. The molecule has 0 spiro atoms. The van der Waals surface area contributed by atoms with Crippen LogP contribution in [0.15, 0.2) is 0 Å². The minimum atomic E-state index is 0.120. The Morgan fingerprint density at radius 3 is 2.39 bits per heavy atom. The number of carbonyl (C=O) groups excluding carboxylic acids is 1. The molecule has 0 aromatic rings. The quantitative estimate of drug-likeness (QED) is 0.750. The maximum Gasteiger partial charge on any atom is 0.233 e. The Bertz CT molecular complexity index is 247. The summed E-state index contributed by atoms with van der Waals surface area (Å²) in [6.45, 7) is 9.41. The Labute approximate surface area is 111 Å². The molecule has 1 amide bonds. The van der Waals surface area contributed by atoms with Gasteiger partial charge in [-0.05, 0) is 25.2 Å². The third-order valence-electron chi connectivity index (χ3n) is 3.93. The number of carbonyl (C=O) groups is 1. The number of likely N-dealkylation sites (tertiary alicyclic amines) is 1. The highest BCUT2D eigenvalue weighted by Gasteiger charge is 2.23. The van der Waals surface area contributed by atoms with Gasteiger partial charge in [0, 0.05) is 32.2 Å². The molecule has 1 rings (SSSR count). The molecule has 1 fully saturated rings. The molecule has 1 aliphatic heterocycles. The monoisotopic (exact) mass is 255 g/mol. The van der Waals surface area contributed by atoms with E-state index in [1.165, 1.54) is 6.42 Å². The molecule has 0 bridgehead atoms. The molecular weight excluding hydrogens is 226 g/mol. The highest BCUT2D eigenvalue weighted by molar-refractivity contribution is 5.77. The summed E-state index contributed by atoms with van der Waals surface area (Å²) in [5.41, 5.74) is 0. The zero-order valence-electron chi connectivity index (χ0n) is 12.3. The molecule has 1 saturated heterocycles. The van der Waals surface area contributed by atoms with Crippen LogP contribution in [0.3, 0.4) is 0 Å². The third-order valence-corrected chi connectivity index (χ3v) is 3.93. The van der Waals surface area contributed by atoms with Gasteiger partial charge in [0.15, 0.2) is 0 Å². The van der Waals surface area contributed by atoms with Gasteiger partial charge < -0.3 is 10.6 Å². The van der Waals surface area contributed by atoms with E-state index in [1.54, 1.807) is 7.05 Å². The van der Waals surface area contributed by atoms with Gasteiger partial charge in [-0.3, -0.25) is 9.69 Å². The van der Waals surface area contributed by atoms with Crippen molar-refractivity contribution in [2.45, 2.75) is 52.1 Å². The molecule has 0 saturated carbocycles. The van der Waals surface area contributed by atoms with Gasteiger partial charge >= 0.3 is 0 Å². The second kappa shape index (κ2) is 7.74. The van der Waals surface area contributed by atoms with Crippen molar-refractivity contribution in [2.75, 3.05) is 26.7 Å². The summed E-state index contributed by atoms with van der Waals surface area (Å²) >= 11 is 0. The lowest BCUT2D eigenvalue weighted by molar-refractivity contribution is -0.122. The summed E-state index contributed by atoms with van der Waals surface area (Å²) in [7, 11) is 1.70. The predicted octanol–water partition coefficient (Wildman–Crippen LogP) is 1.22. The van der Waals surface area contributed by atoms with E-state index < -0.39 is 0 Å². The minimum absolute atomic E-state index is 0.120. The van der Waals surface area contributed by atoms with E-state index in [0.29, 0.717) is 24.5 Å². The molecule has 0 radical (unpaired) electrons. The molecule has 0 aliphatic carbocycles. The Balaban J connectivity index is 2.28. The van der Waals surface area contributed by atoms with Crippen LogP contribution in [0.25, 0.3) is 0 Å². The van der Waals surface area contributed by atoms with Crippen molar-refractivity contribution in [1.29, 1.82) is 0 Å². The molecule has 0 aromatic heterocycles. The van der Waals surface area contributed by atoms with E-state index in [9.17, 15) is 4.79 Å². The van der Waals surface area contributed by atoms with Crippen LogP contribution in [-0.2, 0) is 4.79 Å². The number of rotatable bonds is 6. The Morgan fingerprint density at radius 1 is 1.33 bits per heavy atom. The van der Waals surface area contributed by atoms with Gasteiger partial charge in [0.05, 0.1) is 6.54 Å². The molecule has 106 valence electrons. The third kappa shape index (κ3) is 4.94. The fraction of sp³-hybridized carbons (Fsp3) is 0.929. The molecule has 1 heterocycles. The predicted molar refractivity (Wildman–Crippen MR) is 75.6 cm³/mol. The normalized spacial score (nSPS) is 20.1. The van der Waals surface area contributed by atoms with Gasteiger partial charge in [-0.2, -0.15) is 0 Å². The van der Waals surface area contributed by atoms with E-state index in [4.69, 9.17) is 0 Å². The lowest BCUT2D eigenvalue weighted by Gasteiger charge is -2.35. The molecule has 18 heavy (non-hydrogen) atoms. The number of piperidine rings is 1. The number of nitrogens with one attached hydrogen (secondary N) is 2. The Hall–Kier alpha value is -0.610. The second-order valence-corrected chi connectivity index (χ2v) is 5.65. The summed E-state index contributed by atoms with van der Waals surface area (Å²) in [6.07, 6.45) is 3.50. The number of hydrogen-bond donors (Lipinski definition) is 2. The first kappa shape index (κ1) is 15.4. The summed E-state index contributed by atoms with van der Waals surface area (Å²) in [6, 6.07) is 1.25. The molecule has 4 nitrogen and oxygen atoms in total. The van der Waals surface area contributed by atoms with Crippen LogP contribution < -0.4 is 10.6 Å². The average Bonchev–Trinajstić information content (AvgIpc) is 2.37. The fourth-order valence-electron chi connectivity index (χ4n) is 2.62. The minimum Gasteiger partial charge on any atom is -0.358 e. The van der Waals surface area contributed by atoms with Crippen LogP contribution in [0.2, 0.25) is 0 Å². The maximum absolute atomic E-state index is 11.3.